The summed E-state index contributed by atoms with van der Waals surface area (Å²) >= 11 is 0. The van der Waals surface area contributed by atoms with Crippen LogP contribution < -0.4 is 11.1 Å². The van der Waals surface area contributed by atoms with Crippen LogP contribution >= 0.6 is 0 Å². The van der Waals surface area contributed by atoms with Crippen molar-refractivity contribution in [2.24, 2.45) is 11.7 Å². The Morgan fingerprint density at radius 1 is 1.19 bits per heavy atom. The maximum atomic E-state index is 5.63. The van der Waals surface area contributed by atoms with Crippen molar-refractivity contribution in [2.45, 2.75) is 38.8 Å². The van der Waals surface area contributed by atoms with Crippen LogP contribution in [0.15, 0.2) is 24.3 Å². The molecule has 0 aliphatic heterocycles. The van der Waals surface area contributed by atoms with Gasteiger partial charge in [-0.2, -0.15) is 0 Å². The van der Waals surface area contributed by atoms with Gasteiger partial charge in [0, 0.05) is 13.1 Å². The second-order valence-corrected chi connectivity index (χ2v) is 4.81. The molecule has 1 aliphatic rings. The summed E-state index contributed by atoms with van der Waals surface area (Å²) in [5.41, 5.74) is 8.20. The number of rotatable bonds is 5. The Kier molecular flexibility index (Phi) is 4.37. The van der Waals surface area contributed by atoms with Gasteiger partial charge in [-0.25, -0.2) is 0 Å². The van der Waals surface area contributed by atoms with Crippen LogP contribution in [0, 0.1) is 5.92 Å². The highest BCUT2D eigenvalue weighted by atomic mass is 14.9. The smallest absolute Gasteiger partial charge is 0.0205 e. The van der Waals surface area contributed by atoms with Crippen LogP contribution in [0.5, 0.6) is 0 Å². The standard InChI is InChI=1S/C14H22N2/c15-9-13-6-3-7-14(8-13)11-16-10-12-4-1-2-5-12/h3,6-8,12,16H,1-2,4-5,9-11,15H2. The summed E-state index contributed by atoms with van der Waals surface area (Å²) in [6.07, 6.45) is 5.68. The van der Waals surface area contributed by atoms with Gasteiger partial charge in [0.05, 0.1) is 0 Å². The predicted molar refractivity (Wildman–Crippen MR) is 68.0 cm³/mol. The molecule has 0 atom stereocenters. The maximum absolute atomic E-state index is 5.63. The van der Waals surface area contributed by atoms with Crippen molar-refractivity contribution in [3.8, 4) is 0 Å². The molecule has 1 aromatic carbocycles. The first-order chi connectivity index (χ1) is 7.88. The summed E-state index contributed by atoms with van der Waals surface area (Å²) in [4.78, 5) is 0. The van der Waals surface area contributed by atoms with Crippen LogP contribution in [0.2, 0.25) is 0 Å². The largest absolute Gasteiger partial charge is 0.326 e. The minimum Gasteiger partial charge on any atom is -0.326 e. The lowest BCUT2D eigenvalue weighted by molar-refractivity contribution is 0.489. The molecule has 1 aliphatic carbocycles. The van der Waals surface area contributed by atoms with Crippen LogP contribution in [0.1, 0.15) is 36.8 Å². The molecule has 2 nitrogen and oxygen atoms in total. The number of benzene rings is 1. The summed E-state index contributed by atoms with van der Waals surface area (Å²) in [5.74, 6) is 0.915. The van der Waals surface area contributed by atoms with E-state index in [2.05, 4.69) is 29.6 Å². The second-order valence-electron chi connectivity index (χ2n) is 4.81. The van der Waals surface area contributed by atoms with Crippen molar-refractivity contribution < 1.29 is 0 Å². The lowest BCUT2D eigenvalue weighted by atomic mass is 10.1. The van der Waals surface area contributed by atoms with Gasteiger partial charge in [-0.15, -0.1) is 0 Å². The Labute approximate surface area is 98.2 Å². The summed E-state index contributed by atoms with van der Waals surface area (Å²) in [5, 5.41) is 3.55. The second kappa shape index (κ2) is 6.02. The maximum Gasteiger partial charge on any atom is 0.0205 e. The Hall–Kier alpha value is -0.860. The molecule has 0 saturated heterocycles. The predicted octanol–water partition coefficient (Wildman–Crippen LogP) is 2.43. The molecule has 0 aromatic heterocycles. The SMILES string of the molecule is NCc1cccc(CNCC2CCCC2)c1. The van der Waals surface area contributed by atoms with Crippen molar-refractivity contribution in [1.29, 1.82) is 0 Å². The van der Waals surface area contributed by atoms with Gasteiger partial charge in [-0.1, -0.05) is 37.1 Å². The number of hydrogen-bond donors (Lipinski definition) is 2. The van der Waals surface area contributed by atoms with Crippen LogP contribution in [0.25, 0.3) is 0 Å². The summed E-state index contributed by atoms with van der Waals surface area (Å²) in [6, 6.07) is 8.54. The molecule has 16 heavy (non-hydrogen) atoms. The molecule has 1 saturated carbocycles. The van der Waals surface area contributed by atoms with E-state index in [1.165, 1.54) is 43.4 Å². The van der Waals surface area contributed by atoms with E-state index in [1.807, 2.05) is 0 Å². The molecule has 0 amide bonds. The zero-order valence-corrected chi connectivity index (χ0v) is 9.91. The lowest BCUT2D eigenvalue weighted by Gasteiger charge is -2.10. The molecule has 3 N–H and O–H groups in total. The van der Waals surface area contributed by atoms with E-state index in [9.17, 15) is 0 Å². The van der Waals surface area contributed by atoms with Crippen LogP contribution in [0.3, 0.4) is 0 Å². The van der Waals surface area contributed by atoms with E-state index in [4.69, 9.17) is 5.73 Å². The van der Waals surface area contributed by atoms with Gasteiger partial charge < -0.3 is 11.1 Å². The lowest BCUT2D eigenvalue weighted by Crippen LogP contribution is -2.20. The average molecular weight is 218 g/mol. The van der Waals surface area contributed by atoms with Gasteiger partial charge in [0.25, 0.3) is 0 Å². The molecule has 0 spiro atoms. The van der Waals surface area contributed by atoms with E-state index < -0.39 is 0 Å². The van der Waals surface area contributed by atoms with E-state index in [1.54, 1.807) is 0 Å². The molecule has 2 heteroatoms. The molecule has 1 fully saturated rings. The molecular formula is C14H22N2. The summed E-state index contributed by atoms with van der Waals surface area (Å²) < 4.78 is 0. The Morgan fingerprint density at radius 2 is 1.94 bits per heavy atom. The fraction of sp³-hybridized carbons (Fsp3) is 0.571. The summed E-state index contributed by atoms with van der Waals surface area (Å²) in [7, 11) is 0. The Bertz CT molecular complexity index is 316. The first-order valence-corrected chi connectivity index (χ1v) is 6.37. The Balaban J connectivity index is 1.75. The topological polar surface area (TPSA) is 38.0 Å². The van der Waals surface area contributed by atoms with Crippen molar-refractivity contribution in [3.63, 3.8) is 0 Å². The van der Waals surface area contributed by atoms with Crippen molar-refractivity contribution in [1.82, 2.24) is 5.32 Å². The van der Waals surface area contributed by atoms with Gasteiger partial charge >= 0.3 is 0 Å². The van der Waals surface area contributed by atoms with Crippen LogP contribution in [-0.4, -0.2) is 6.54 Å². The minimum absolute atomic E-state index is 0.635. The van der Waals surface area contributed by atoms with Crippen molar-refractivity contribution in [3.05, 3.63) is 35.4 Å². The number of nitrogens with two attached hydrogens (primary N) is 1. The molecule has 1 aromatic rings. The summed E-state index contributed by atoms with van der Waals surface area (Å²) in [6.45, 7) is 2.79. The molecule has 0 bridgehead atoms. The molecule has 88 valence electrons. The third kappa shape index (κ3) is 3.32. The number of hydrogen-bond acceptors (Lipinski definition) is 2. The van der Waals surface area contributed by atoms with E-state index >= 15 is 0 Å². The average Bonchev–Trinajstić information content (AvgIpc) is 2.82. The van der Waals surface area contributed by atoms with E-state index in [-0.39, 0.29) is 0 Å². The first-order valence-electron chi connectivity index (χ1n) is 6.37. The molecule has 0 unspecified atom stereocenters. The van der Waals surface area contributed by atoms with Gasteiger partial charge in [0.1, 0.15) is 0 Å². The minimum atomic E-state index is 0.635. The van der Waals surface area contributed by atoms with E-state index in [0.29, 0.717) is 6.54 Å². The van der Waals surface area contributed by atoms with Crippen LogP contribution in [0.4, 0.5) is 0 Å². The molecule has 0 radical (unpaired) electrons. The van der Waals surface area contributed by atoms with Gasteiger partial charge in [0.15, 0.2) is 0 Å². The fourth-order valence-electron chi connectivity index (χ4n) is 2.50. The van der Waals surface area contributed by atoms with Gasteiger partial charge in [0.2, 0.25) is 0 Å². The van der Waals surface area contributed by atoms with Gasteiger partial charge in [-0.05, 0) is 36.4 Å². The highest BCUT2D eigenvalue weighted by Gasteiger charge is 2.13. The molecular weight excluding hydrogens is 196 g/mol. The highest BCUT2D eigenvalue weighted by Crippen LogP contribution is 2.23. The Morgan fingerprint density at radius 3 is 2.69 bits per heavy atom. The van der Waals surface area contributed by atoms with Crippen molar-refractivity contribution >= 4 is 0 Å². The van der Waals surface area contributed by atoms with E-state index in [0.717, 1.165) is 12.5 Å². The van der Waals surface area contributed by atoms with Crippen molar-refractivity contribution in [2.75, 3.05) is 6.54 Å². The van der Waals surface area contributed by atoms with Gasteiger partial charge in [-0.3, -0.25) is 0 Å². The molecule has 0 heterocycles. The van der Waals surface area contributed by atoms with Crippen LogP contribution in [-0.2, 0) is 13.1 Å². The zero-order chi connectivity index (χ0) is 11.2. The fourth-order valence-corrected chi connectivity index (χ4v) is 2.50. The molecule has 2 rings (SSSR count). The third-order valence-electron chi connectivity index (χ3n) is 3.46. The normalized spacial score (nSPS) is 16.8. The third-order valence-corrected chi connectivity index (χ3v) is 3.46. The highest BCUT2D eigenvalue weighted by molar-refractivity contribution is 5.23. The quantitative estimate of drug-likeness (QED) is 0.796. The monoisotopic (exact) mass is 218 g/mol. The zero-order valence-electron chi connectivity index (χ0n) is 9.91. The first kappa shape index (κ1) is 11.6. The number of nitrogens with one attached hydrogen (secondary N) is 1.